The first kappa shape index (κ1) is 31.9. The topological polar surface area (TPSA) is 35.5 Å². The number of aryl methyl sites for hydroxylation is 1. The summed E-state index contributed by atoms with van der Waals surface area (Å²) in [5.74, 6) is 0.602. The van der Waals surface area contributed by atoms with Crippen LogP contribution in [-0.4, -0.2) is 37.4 Å². The standard InChI is InChI=1S/C34H54NO3/c1-5-7-8-9-10-11-12-13-14-16-21-30-24-19-25-32(28-30)37-34(20-6-2)38-33(36)26-27-35(3,4)29-31-22-17-15-18-23-31/h15,17-19,22-25,28,34H,5-14,16,20-21,26-27,29H2,1-4H3/q+1. The molecule has 0 fully saturated rings. The van der Waals surface area contributed by atoms with E-state index < -0.39 is 6.29 Å². The largest absolute Gasteiger partial charge is 0.455 e. The molecule has 212 valence electrons. The predicted molar refractivity (Wildman–Crippen MR) is 159 cm³/mol. The molecule has 4 heteroatoms. The summed E-state index contributed by atoms with van der Waals surface area (Å²) in [6.07, 6.45) is 16.0. The van der Waals surface area contributed by atoms with E-state index in [-0.39, 0.29) is 5.97 Å². The van der Waals surface area contributed by atoms with E-state index in [1.807, 2.05) is 12.1 Å². The molecular weight excluding hydrogens is 470 g/mol. The van der Waals surface area contributed by atoms with Gasteiger partial charge in [-0.1, -0.05) is 114 Å². The molecule has 1 unspecified atom stereocenters. The lowest BCUT2D eigenvalue weighted by molar-refractivity contribution is -0.903. The second-order valence-corrected chi connectivity index (χ2v) is 11.5. The number of nitrogens with zero attached hydrogens (tertiary/aromatic N) is 1. The molecule has 0 aliphatic rings. The van der Waals surface area contributed by atoms with Crippen LogP contribution < -0.4 is 4.74 Å². The summed E-state index contributed by atoms with van der Waals surface area (Å²) >= 11 is 0. The van der Waals surface area contributed by atoms with Crippen LogP contribution in [0.4, 0.5) is 0 Å². The van der Waals surface area contributed by atoms with Crippen LogP contribution in [0, 0.1) is 0 Å². The first-order valence-electron chi connectivity index (χ1n) is 15.2. The lowest BCUT2D eigenvalue weighted by Gasteiger charge is -2.30. The van der Waals surface area contributed by atoms with E-state index in [2.05, 4.69) is 70.4 Å². The molecule has 4 nitrogen and oxygen atoms in total. The minimum atomic E-state index is -0.537. The molecule has 0 spiro atoms. The summed E-state index contributed by atoms with van der Waals surface area (Å²) < 4.78 is 12.7. The Labute approximate surface area is 233 Å². The molecule has 0 saturated carbocycles. The van der Waals surface area contributed by atoms with Crippen molar-refractivity contribution >= 4 is 5.97 Å². The average Bonchev–Trinajstić information content (AvgIpc) is 2.89. The van der Waals surface area contributed by atoms with Gasteiger partial charge in [0.1, 0.15) is 12.3 Å². The second kappa shape index (κ2) is 18.8. The highest BCUT2D eigenvalue weighted by Gasteiger charge is 2.21. The Bertz CT molecular complexity index is 880. The zero-order chi connectivity index (χ0) is 27.5. The van der Waals surface area contributed by atoms with E-state index >= 15 is 0 Å². The number of esters is 1. The van der Waals surface area contributed by atoms with Crippen molar-refractivity contribution in [3.63, 3.8) is 0 Å². The van der Waals surface area contributed by atoms with Crippen LogP contribution in [-0.2, 0) is 22.5 Å². The van der Waals surface area contributed by atoms with Gasteiger partial charge in [0.2, 0.25) is 6.29 Å². The number of quaternary nitrogens is 1. The van der Waals surface area contributed by atoms with E-state index in [0.717, 1.165) is 36.2 Å². The summed E-state index contributed by atoms with van der Waals surface area (Å²) in [7, 11) is 4.31. The number of hydrogen-bond acceptors (Lipinski definition) is 3. The van der Waals surface area contributed by atoms with Crippen molar-refractivity contribution in [1.29, 1.82) is 0 Å². The summed E-state index contributed by atoms with van der Waals surface area (Å²) in [5.41, 5.74) is 2.57. The van der Waals surface area contributed by atoms with Gasteiger partial charge in [-0.3, -0.25) is 4.79 Å². The Hall–Kier alpha value is -2.33. The second-order valence-electron chi connectivity index (χ2n) is 11.5. The third-order valence-electron chi connectivity index (χ3n) is 7.15. The molecule has 2 rings (SSSR count). The molecule has 0 N–H and O–H groups in total. The van der Waals surface area contributed by atoms with Gasteiger partial charge in [0.05, 0.1) is 27.1 Å². The molecule has 2 aromatic carbocycles. The highest BCUT2D eigenvalue weighted by Crippen LogP contribution is 2.20. The minimum Gasteiger partial charge on any atom is -0.455 e. The SMILES string of the molecule is CCCCCCCCCCCCc1cccc(OC(CCC)OC(=O)CC[N+](C)(C)Cc2ccccc2)c1. The lowest BCUT2D eigenvalue weighted by Crippen LogP contribution is -2.41. The average molecular weight is 525 g/mol. The third kappa shape index (κ3) is 14.6. The summed E-state index contributed by atoms with van der Waals surface area (Å²) in [6.45, 7) is 5.97. The van der Waals surface area contributed by atoms with E-state index in [0.29, 0.717) is 12.8 Å². The zero-order valence-electron chi connectivity index (χ0n) is 24.8. The van der Waals surface area contributed by atoms with E-state index in [4.69, 9.17) is 9.47 Å². The Kier molecular flexibility index (Phi) is 15.8. The first-order chi connectivity index (χ1) is 18.4. The molecular formula is C34H54NO3+. The molecule has 0 heterocycles. The minimum absolute atomic E-state index is 0.191. The Balaban J connectivity index is 1.71. The van der Waals surface area contributed by atoms with Crippen LogP contribution >= 0.6 is 0 Å². The number of rotatable bonds is 21. The Morgan fingerprint density at radius 3 is 2.05 bits per heavy atom. The van der Waals surface area contributed by atoms with Gasteiger partial charge in [-0.2, -0.15) is 0 Å². The van der Waals surface area contributed by atoms with Gasteiger partial charge in [0.25, 0.3) is 0 Å². The fraction of sp³-hybridized carbons (Fsp3) is 0.618. The van der Waals surface area contributed by atoms with Crippen LogP contribution in [0.5, 0.6) is 5.75 Å². The van der Waals surface area contributed by atoms with Crippen LogP contribution in [0.25, 0.3) is 0 Å². The van der Waals surface area contributed by atoms with Crippen molar-refractivity contribution in [3.05, 3.63) is 65.7 Å². The van der Waals surface area contributed by atoms with Crippen molar-refractivity contribution in [2.24, 2.45) is 0 Å². The highest BCUT2D eigenvalue weighted by molar-refractivity contribution is 5.69. The quantitative estimate of drug-likeness (QED) is 0.0708. The van der Waals surface area contributed by atoms with Crippen LogP contribution in [0.1, 0.15) is 108 Å². The number of hydrogen-bond donors (Lipinski definition) is 0. The Morgan fingerprint density at radius 2 is 1.39 bits per heavy atom. The maximum atomic E-state index is 12.7. The Morgan fingerprint density at radius 1 is 0.763 bits per heavy atom. The van der Waals surface area contributed by atoms with Gasteiger partial charge in [-0.05, 0) is 37.0 Å². The molecule has 38 heavy (non-hydrogen) atoms. The smallest absolute Gasteiger partial charge is 0.314 e. The molecule has 0 aliphatic carbocycles. The molecule has 0 saturated heterocycles. The summed E-state index contributed by atoms with van der Waals surface area (Å²) in [4.78, 5) is 12.7. The number of carbonyl (C=O) groups is 1. The van der Waals surface area contributed by atoms with Crippen molar-refractivity contribution in [2.75, 3.05) is 20.6 Å². The fourth-order valence-electron chi connectivity index (χ4n) is 4.88. The molecule has 0 aliphatic heterocycles. The highest BCUT2D eigenvalue weighted by atomic mass is 16.7. The monoisotopic (exact) mass is 524 g/mol. The molecule has 1 atom stereocenters. The van der Waals surface area contributed by atoms with Gasteiger partial charge in [0.15, 0.2) is 0 Å². The number of benzene rings is 2. The molecule has 2 aromatic rings. The third-order valence-corrected chi connectivity index (χ3v) is 7.15. The van der Waals surface area contributed by atoms with Crippen molar-refractivity contribution in [2.45, 2.75) is 117 Å². The lowest BCUT2D eigenvalue weighted by atomic mass is 10.0. The van der Waals surface area contributed by atoms with Gasteiger partial charge < -0.3 is 14.0 Å². The fourth-order valence-corrected chi connectivity index (χ4v) is 4.88. The van der Waals surface area contributed by atoms with Crippen LogP contribution in [0.3, 0.4) is 0 Å². The van der Waals surface area contributed by atoms with Crippen LogP contribution in [0.15, 0.2) is 54.6 Å². The maximum absolute atomic E-state index is 12.7. The maximum Gasteiger partial charge on any atom is 0.314 e. The molecule has 0 radical (unpaired) electrons. The van der Waals surface area contributed by atoms with Crippen molar-refractivity contribution < 1.29 is 18.8 Å². The first-order valence-corrected chi connectivity index (χ1v) is 15.2. The summed E-state index contributed by atoms with van der Waals surface area (Å²) in [5, 5.41) is 0. The van der Waals surface area contributed by atoms with E-state index in [9.17, 15) is 4.79 Å². The molecule has 0 aromatic heterocycles. The number of unbranched alkanes of at least 4 members (excludes halogenated alkanes) is 9. The van der Waals surface area contributed by atoms with Gasteiger partial charge in [-0.25, -0.2) is 0 Å². The normalized spacial score (nSPS) is 12.3. The van der Waals surface area contributed by atoms with E-state index in [1.165, 1.54) is 75.3 Å². The van der Waals surface area contributed by atoms with Gasteiger partial charge in [-0.15, -0.1) is 0 Å². The van der Waals surface area contributed by atoms with Crippen molar-refractivity contribution in [1.82, 2.24) is 0 Å². The van der Waals surface area contributed by atoms with E-state index in [1.54, 1.807) is 0 Å². The summed E-state index contributed by atoms with van der Waals surface area (Å²) in [6, 6.07) is 18.7. The van der Waals surface area contributed by atoms with Crippen LogP contribution in [0.2, 0.25) is 0 Å². The zero-order valence-corrected chi connectivity index (χ0v) is 24.8. The number of ether oxygens (including phenoxy) is 2. The van der Waals surface area contributed by atoms with Gasteiger partial charge >= 0.3 is 5.97 Å². The molecule has 0 bridgehead atoms. The predicted octanol–water partition coefficient (Wildman–Crippen LogP) is 8.86. The number of carbonyl (C=O) groups excluding carboxylic acids is 1. The van der Waals surface area contributed by atoms with Crippen molar-refractivity contribution in [3.8, 4) is 5.75 Å². The molecule has 0 amide bonds. The van der Waals surface area contributed by atoms with Gasteiger partial charge in [0, 0.05) is 12.0 Å².